The number of halogens is 3. The zero-order valence-corrected chi connectivity index (χ0v) is 14.8. The lowest BCUT2D eigenvalue weighted by atomic mass is 10.1. The summed E-state index contributed by atoms with van der Waals surface area (Å²) in [6.45, 7) is 2.35. The zero-order chi connectivity index (χ0) is 19.4. The molecule has 5 nitrogen and oxygen atoms in total. The van der Waals surface area contributed by atoms with Crippen molar-refractivity contribution in [2.24, 2.45) is 5.92 Å². The maximum Gasteiger partial charge on any atom is 0.417 e. The zero-order valence-electron chi connectivity index (χ0n) is 14.8. The highest BCUT2D eigenvalue weighted by Gasteiger charge is 2.30. The summed E-state index contributed by atoms with van der Waals surface area (Å²) < 4.78 is 43.1. The third kappa shape index (κ3) is 4.77. The minimum Gasteiger partial charge on any atom is -0.439 e. The van der Waals surface area contributed by atoms with Gasteiger partial charge in [-0.2, -0.15) is 13.2 Å². The van der Waals surface area contributed by atoms with Crippen LogP contribution in [0.4, 0.5) is 13.2 Å². The van der Waals surface area contributed by atoms with E-state index in [0.29, 0.717) is 17.2 Å². The standard InChI is InChI=1S/C19H20F3N3O2/c1-23-10-13-8-9-25(12-13)18(26)14-2-5-16(6-3-14)27-17-7-4-15(11-24-17)19(20,21)22/h2-7,11,13,23H,8-10,12H2,1H3/t13-/m1/s1. The molecule has 0 aliphatic carbocycles. The van der Waals surface area contributed by atoms with Crippen LogP contribution in [0, 0.1) is 5.92 Å². The molecule has 1 aliphatic rings. The van der Waals surface area contributed by atoms with E-state index in [1.807, 2.05) is 11.9 Å². The van der Waals surface area contributed by atoms with Crippen LogP contribution < -0.4 is 10.1 Å². The summed E-state index contributed by atoms with van der Waals surface area (Å²) in [4.78, 5) is 18.0. The quantitative estimate of drug-likeness (QED) is 0.863. The van der Waals surface area contributed by atoms with Gasteiger partial charge in [0.25, 0.3) is 5.91 Å². The first-order chi connectivity index (χ1) is 12.9. The van der Waals surface area contributed by atoms with Gasteiger partial charge in [0.1, 0.15) is 5.75 Å². The molecule has 1 aliphatic heterocycles. The smallest absolute Gasteiger partial charge is 0.417 e. The average Bonchev–Trinajstić information content (AvgIpc) is 3.10. The average molecular weight is 379 g/mol. The van der Waals surface area contributed by atoms with Gasteiger partial charge in [-0.05, 0) is 56.3 Å². The van der Waals surface area contributed by atoms with E-state index in [1.165, 1.54) is 0 Å². The van der Waals surface area contributed by atoms with Crippen LogP contribution in [0.5, 0.6) is 11.6 Å². The number of alkyl halides is 3. The fraction of sp³-hybridized carbons (Fsp3) is 0.368. The molecule has 1 aromatic heterocycles. The maximum absolute atomic E-state index is 12.5. The van der Waals surface area contributed by atoms with Crippen LogP contribution in [-0.2, 0) is 6.18 Å². The Bertz CT molecular complexity index is 776. The number of amides is 1. The Kier molecular flexibility index (Phi) is 5.65. The number of likely N-dealkylation sites (tertiary alicyclic amines) is 1. The van der Waals surface area contributed by atoms with Crippen LogP contribution in [0.3, 0.4) is 0 Å². The van der Waals surface area contributed by atoms with Gasteiger partial charge in [0.2, 0.25) is 5.88 Å². The van der Waals surface area contributed by atoms with Crippen molar-refractivity contribution in [3.8, 4) is 11.6 Å². The largest absolute Gasteiger partial charge is 0.439 e. The lowest BCUT2D eigenvalue weighted by Gasteiger charge is -2.17. The second-order valence-corrected chi connectivity index (χ2v) is 6.47. The van der Waals surface area contributed by atoms with Gasteiger partial charge in [0, 0.05) is 30.9 Å². The van der Waals surface area contributed by atoms with Crippen molar-refractivity contribution < 1.29 is 22.7 Å². The Morgan fingerprint density at radius 2 is 2.00 bits per heavy atom. The van der Waals surface area contributed by atoms with Crippen LogP contribution in [0.2, 0.25) is 0 Å². The molecule has 0 spiro atoms. The molecule has 27 heavy (non-hydrogen) atoms. The highest BCUT2D eigenvalue weighted by Crippen LogP contribution is 2.30. The first kappa shape index (κ1) is 19.2. The number of ether oxygens (including phenoxy) is 1. The number of rotatable bonds is 5. The summed E-state index contributed by atoms with van der Waals surface area (Å²) in [5, 5.41) is 3.13. The predicted molar refractivity (Wildman–Crippen MR) is 93.7 cm³/mol. The van der Waals surface area contributed by atoms with Crippen molar-refractivity contribution in [3.05, 3.63) is 53.7 Å². The van der Waals surface area contributed by atoms with Crippen molar-refractivity contribution >= 4 is 5.91 Å². The van der Waals surface area contributed by atoms with Crippen LogP contribution in [-0.4, -0.2) is 42.5 Å². The Morgan fingerprint density at radius 1 is 1.26 bits per heavy atom. The van der Waals surface area contributed by atoms with Gasteiger partial charge in [0.05, 0.1) is 5.56 Å². The number of nitrogens with one attached hydrogen (secondary N) is 1. The Balaban J connectivity index is 1.61. The second-order valence-electron chi connectivity index (χ2n) is 6.47. The molecule has 1 aromatic carbocycles. The van der Waals surface area contributed by atoms with Gasteiger partial charge >= 0.3 is 6.18 Å². The van der Waals surface area contributed by atoms with E-state index in [1.54, 1.807) is 24.3 Å². The second kappa shape index (κ2) is 7.96. The number of hydrogen-bond donors (Lipinski definition) is 1. The molecule has 1 N–H and O–H groups in total. The van der Waals surface area contributed by atoms with Gasteiger partial charge in [-0.25, -0.2) is 4.98 Å². The highest BCUT2D eigenvalue weighted by atomic mass is 19.4. The number of benzene rings is 1. The van der Waals surface area contributed by atoms with Crippen molar-refractivity contribution in [2.75, 3.05) is 26.7 Å². The molecule has 0 saturated carbocycles. The van der Waals surface area contributed by atoms with E-state index in [9.17, 15) is 18.0 Å². The van der Waals surface area contributed by atoms with Gasteiger partial charge in [-0.1, -0.05) is 0 Å². The van der Waals surface area contributed by atoms with Crippen molar-refractivity contribution in [2.45, 2.75) is 12.6 Å². The minimum atomic E-state index is -4.44. The molecule has 144 valence electrons. The van der Waals surface area contributed by atoms with E-state index in [0.717, 1.165) is 44.4 Å². The van der Waals surface area contributed by atoms with Crippen LogP contribution in [0.1, 0.15) is 22.3 Å². The number of pyridine rings is 1. The molecule has 0 bridgehead atoms. The fourth-order valence-corrected chi connectivity index (χ4v) is 3.05. The summed E-state index contributed by atoms with van der Waals surface area (Å²) in [6.07, 6.45) is -2.73. The summed E-state index contributed by atoms with van der Waals surface area (Å²) >= 11 is 0. The number of hydrogen-bond acceptors (Lipinski definition) is 4. The molecule has 0 unspecified atom stereocenters. The molecule has 2 heterocycles. The Labute approximate surface area is 155 Å². The Morgan fingerprint density at radius 3 is 2.59 bits per heavy atom. The molecule has 3 rings (SSSR count). The molecular formula is C19H20F3N3O2. The first-order valence-electron chi connectivity index (χ1n) is 8.62. The van der Waals surface area contributed by atoms with Gasteiger partial charge in [0.15, 0.2) is 0 Å². The normalized spacial score (nSPS) is 17.2. The number of carbonyl (C=O) groups is 1. The van der Waals surface area contributed by atoms with E-state index >= 15 is 0 Å². The molecule has 0 radical (unpaired) electrons. The summed E-state index contributed by atoms with van der Waals surface area (Å²) in [7, 11) is 1.90. The third-order valence-corrected chi connectivity index (χ3v) is 4.45. The number of aromatic nitrogens is 1. The molecular weight excluding hydrogens is 359 g/mol. The van der Waals surface area contributed by atoms with Crippen molar-refractivity contribution in [1.82, 2.24) is 15.2 Å². The Hall–Kier alpha value is -2.61. The molecule has 8 heteroatoms. The molecule has 1 saturated heterocycles. The van der Waals surface area contributed by atoms with Gasteiger partial charge in [-0.15, -0.1) is 0 Å². The summed E-state index contributed by atoms with van der Waals surface area (Å²) in [6, 6.07) is 8.57. The lowest BCUT2D eigenvalue weighted by Crippen LogP contribution is -2.30. The third-order valence-electron chi connectivity index (χ3n) is 4.45. The van der Waals surface area contributed by atoms with Crippen molar-refractivity contribution in [1.29, 1.82) is 0 Å². The van der Waals surface area contributed by atoms with Crippen molar-refractivity contribution in [3.63, 3.8) is 0 Å². The van der Waals surface area contributed by atoms with Crippen LogP contribution in [0.15, 0.2) is 42.6 Å². The number of carbonyl (C=O) groups excluding carboxylic acids is 1. The SMILES string of the molecule is CNC[C@H]1CCN(C(=O)c2ccc(Oc3ccc(C(F)(F)F)cn3)cc2)C1. The first-order valence-corrected chi connectivity index (χ1v) is 8.62. The maximum atomic E-state index is 12.5. The monoisotopic (exact) mass is 379 g/mol. The lowest BCUT2D eigenvalue weighted by molar-refractivity contribution is -0.137. The van der Waals surface area contributed by atoms with E-state index < -0.39 is 11.7 Å². The van der Waals surface area contributed by atoms with E-state index in [-0.39, 0.29) is 11.8 Å². The van der Waals surface area contributed by atoms with E-state index in [2.05, 4.69) is 10.3 Å². The topological polar surface area (TPSA) is 54.5 Å². The predicted octanol–water partition coefficient (Wildman–Crippen LogP) is 3.57. The minimum absolute atomic E-state index is 0.0344. The number of nitrogens with zero attached hydrogens (tertiary/aromatic N) is 2. The van der Waals surface area contributed by atoms with Gasteiger partial charge in [-0.3, -0.25) is 4.79 Å². The summed E-state index contributed by atoms with van der Waals surface area (Å²) in [5.74, 6) is 0.880. The fourth-order valence-electron chi connectivity index (χ4n) is 3.05. The van der Waals surface area contributed by atoms with Crippen LogP contribution >= 0.6 is 0 Å². The summed E-state index contributed by atoms with van der Waals surface area (Å²) in [5.41, 5.74) is -0.286. The van der Waals surface area contributed by atoms with E-state index in [4.69, 9.17) is 4.74 Å². The molecule has 2 aromatic rings. The highest BCUT2D eigenvalue weighted by molar-refractivity contribution is 5.94. The van der Waals surface area contributed by atoms with Crippen LogP contribution in [0.25, 0.3) is 0 Å². The molecule has 1 fully saturated rings. The van der Waals surface area contributed by atoms with Gasteiger partial charge < -0.3 is 15.0 Å². The molecule has 1 atom stereocenters. The molecule has 1 amide bonds.